The highest BCUT2D eigenvalue weighted by Crippen LogP contribution is 2.15. The second kappa shape index (κ2) is 9.47. The Balaban J connectivity index is 2.00. The van der Waals surface area contributed by atoms with Crippen molar-refractivity contribution in [1.82, 2.24) is 10.3 Å². The third kappa shape index (κ3) is 6.54. The molecule has 7 heteroatoms. The van der Waals surface area contributed by atoms with Crippen molar-refractivity contribution >= 4 is 29.1 Å². The number of carbonyl (C=O) groups is 3. The van der Waals surface area contributed by atoms with Gasteiger partial charge in [-0.25, -0.2) is 0 Å². The van der Waals surface area contributed by atoms with Gasteiger partial charge < -0.3 is 16.0 Å². The maximum atomic E-state index is 12.4. The highest BCUT2D eigenvalue weighted by Gasteiger charge is 2.12. The molecule has 0 bridgehead atoms. The number of nitrogens with zero attached hydrogens (tertiary/aromatic N) is 1. The third-order valence-electron chi connectivity index (χ3n) is 3.73. The van der Waals surface area contributed by atoms with E-state index in [9.17, 15) is 14.4 Å². The summed E-state index contributed by atoms with van der Waals surface area (Å²) in [6, 6.07) is 8.25. The number of amides is 3. The Kier molecular flexibility index (Phi) is 7.05. The first-order chi connectivity index (χ1) is 12.8. The molecule has 0 atom stereocenters. The molecular weight excluding hydrogens is 344 g/mol. The van der Waals surface area contributed by atoms with Gasteiger partial charge in [0.15, 0.2) is 0 Å². The molecular formula is C20H24N4O3. The summed E-state index contributed by atoms with van der Waals surface area (Å²) in [4.78, 5) is 39.6. The molecule has 0 aliphatic rings. The van der Waals surface area contributed by atoms with E-state index in [4.69, 9.17) is 0 Å². The van der Waals surface area contributed by atoms with Gasteiger partial charge >= 0.3 is 0 Å². The van der Waals surface area contributed by atoms with Crippen LogP contribution in [-0.2, 0) is 4.79 Å². The van der Waals surface area contributed by atoms with Crippen LogP contribution >= 0.6 is 0 Å². The van der Waals surface area contributed by atoms with Gasteiger partial charge in [-0.05, 0) is 42.7 Å². The fraction of sp³-hybridized carbons (Fsp3) is 0.300. The summed E-state index contributed by atoms with van der Waals surface area (Å²) in [5.74, 6) is -0.289. The second-order valence-corrected chi connectivity index (χ2v) is 6.61. The van der Waals surface area contributed by atoms with Crippen LogP contribution in [0.4, 0.5) is 11.4 Å². The van der Waals surface area contributed by atoms with Gasteiger partial charge in [0.2, 0.25) is 5.91 Å². The highest BCUT2D eigenvalue weighted by molar-refractivity contribution is 6.06. The Bertz CT molecular complexity index is 816. The van der Waals surface area contributed by atoms with Gasteiger partial charge in [-0.1, -0.05) is 13.8 Å². The quantitative estimate of drug-likeness (QED) is 0.699. The SMILES string of the molecule is CC(=O)Nc1ccc(NC(=O)c2cncc(C(=O)NCCC(C)C)c2)cc1. The molecule has 0 aliphatic carbocycles. The molecule has 1 heterocycles. The van der Waals surface area contributed by atoms with Gasteiger partial charge in [0.25, 0.3) is 11.8 Å². The summed E-state index contributed by atoms with van der Waals surface area (Å²) < 4.78 is 0. The van der Waals surface area contributed by atoms with Crippen molar-refractivity contribution in [2.45, 2.75) is 27.2 Å². The zero-order valence-electron chi connectivity index (χ0n) is 15.7. The average Bonchev–Trinajstić information content (AvgIpc) is 2.62. The Morgan fingerprint density at radius 2 is 1.48 bits per heavy atom. The molecule has 0 radical (unpaired) electrons. The van der Waals surface area contributed by atoms with Crippen molar-refractivity contribution in [1.29, 1.82) is 0 Å². The number of carbonyl (C=O) groups excluding carboxylic acids is 3. The van der Waals surface area contributed by atoms with Crippen LogP contribution < -0.4 is 16.0 Å². The number of nitrogens with one attached hydrogen (secondary N) is 3. The number of anilines is 2. The summed E-state index contributed by atoms with van der Waals surface area (Å²) in [5.41, 5.74) is 1.84. The van der Waals surface area contributed by atoms with Crippen molar-refractivity contribution < 1.29 is 14.4 Å². The predicted octanol–water partition coefficient (Wildman–Crippen LogP) is 3.07. The molecule has 3 amide bonds. The van der Waals surface area contributed by atoms with Gasteiger partial charge in [0.1, 0.15) is 0 Å². The number of rotatable bonds is 7. The van der Waals surface area contributed by atoms with Crippen LogP contribution in [0.1, 0.15) is 47.9 Å². The van der Waals surface area contributed by atoms with Crippen molar-refractivity contribution in [3.63, 3.8) is 0 Å². The van der Waals surface area contributed by atoms with Gasteiger partial charge in [-0.15, -0.1) is 0 Å². The summed E-state index contributed by atoms with van der Waals surface area (Å²) in [6.45, 7) is 6.17. The van der Waals surface area contributed by atoms with E-state index in [0.717, 1.165) is 6.42 Å². The molecule has 7 nitrogen and oxygen atoms in total. The van der Waals surface area contributed by atoms with Crippen LogP contribution in [0.25, 0.3) is 0 Å². The Hall–Kier alpha value is -3.22. The third-order valence-corrected chi connectivity index (χ3v) is 3.73. The van der Waals surface area contributed by atoms with Crippen LogP contribution in [0.3, 0.4) is 0 Å². The zero-order chi connectivity index (χ0) is 19.8. The fourth-order valence-corrected chi connectivity index (χ4v) is 2.31. The first-order valence-electron chi connectivity index (χ1n) is 8.77. The van der Waals surface area contributed by atoms with Crippen molar-refractivity contribution in [3.8, 4) is 0 Å². The Morgan fingerprint density at radius 1 is 0.926 bits per heavy atom. The highest BCUT2D eigenvalue weighted by atomic mass is 16.2. The summed E-state index contributed by atoms with van der Waals surface area (Å²) >= 11 is 0. The molecule has 0 aliphatic heterocycles. The van der Waals surface area contributed by atoms with Crippen LogP contribution in [0.15, 0.2) is 42.7 Å². The molecule has 2 aromatic rings. The lowest BCUT2D eigenvalue weighted by molar-refractivity contribution is -0.114. The molecule has 27 heavy (non-hydrogen) atoms. The maximum absolute atomic E-state index is 12.4. The van der Waals surface area contributed by atoms with Crippen molar-refractivity contribution in [2.75, 3.05) is 17.2 Å². The number of aromatic nitrogens is 1. The summed E-state index contributed by atoms with van der Waals surface area (Å²) in [7, 11) is 0. The van der Waals surface area contributed by atoms with Gasteiger partial charge in [-0.3, -0.25) is 19.4 Å². The van der Waals surface area contributed by atoms with Gasteiger partial charge in [-0.2, -0.15) is 0 Å². The zero-order valence-corrected chi connectivity index (χ0v) is 15.7. The molecule has 0 unspecified atom stereocenters. The molecule has 0 spiro atoms. The molecule has 1 aromatic carbocycles. The van der Waals surface area contributed by atoms with E-state index in [2.05, 4.69) is 34.8 Å². The lowest BCUT2D eigenvalue weighted by Crippen LogP contribution is -2.26. The van der Waals surface area contributed by atoms with Crippen LogP contribution in [0.5, 0.6) is 0 Å². The van der Waals surface area contributed by atoms with E-state index in [1.54, 1.807) is 24.3 Å². The van der Waals surface area contributed by atoms with Crippen molar-refractivity contribution in [3.05, 3.63) is 53.9 Å². The Morgan fingerprint density at radius 3 is 2.04 bits per heavy atom. The van der Waals surface area contributed by atoms with E-state index >= 15 is 0 Å². The predicted molar refractivity (Wildman–Crippen MR) is 105 cm³/mol. The van der Waals surface area contributed by atoms with Gasteiger partial charge in [0.05, 0.1) is 11.1 Å². The smallest absolute Gasteiger partial charge is 0.257 e. The van der Waals surface area contributed by atoms with E-state index in [0.29, 0.717) is 29.4 Å². The van der Waals surface area contributed by atoms with E-state index in [-0.39, 0.29) is 23.3 Å². The molecule has 0 saturated carbocycles. The lowest BCUT2D eigenvalue weighted by Gasteiger charge is -2.09. The average molecular weight is 368 g/mol. The second-order valence-electron chi connectivity index (χ2n) is 6.61. The lowest BCUT2D eigenvalue weighted by atomic mass is 10.1. The number of benzene rings is 1. The number of pyridine rings is 1. The molecule has 0 fully saturated rings. The van der Waals surface area contributed by atoms with Crippen LogP contribution in [0, 0.1) is 5.92 Å². The minimum absolute atomic E-state index is 0.165. The van der Waals surface area contributed by atoms with E-state index in [1.807, 2.05) is 0 Å². The molecule has 142 valence electrons. The van der Waals surface area contributed by atoms with Crippen LogP contribution in [0.2, 0.25) is 0 Å². The first kappa shape index (κ1) is 20.1. The fourth-order valence-electron chi connectivity index (χ4n) is 2.31. The van der Waals surface area contributed by atoms with Gasteiger partial charge in [0, 0.05) is 37.2 Å². The normalized spacial score (nSPS) is 10.4. The summed E-state index contributed by atoms with van der Waals surface area (Å²) in [6.07, 6.45) is 3.73. The monoisotopic (exact) mass is 368 g/mol. The Labute approximate surface area is 158 Å². The van der Waals surface area contributed by atoms with E-state index in [1.165, 1.54) is 25.4 Å². The first-order valence-corrected chi connectivity index (χ1v) is 8.77. The maximum Gasteiger partial charge on any atom is 0.257 e. The van der Waals surface area contributed by atoms with Crippen molar-refractivity contribution in [2.24, 2.45) is 5.92 Å². The molecule has 0 saturated heterocycles. The largest absolute Gasteiger partial charge is 0.352 e. The summed E-state index contributed by atoms with van der Waals surface area (Å²) in [5, 5.41) is 8.22. The molecule has 2 rings (SSSR count). The molecule has 3 N–H and O–H groups in total. The minimum atomic E-state index is -0.369. The van der Waals surface area contributed by atoms with E-state index < -0.39 is 0 Å². The topological polar surface area (TPSA) is 100 Å². The number of hydrogen-bond acceptors (Lipinski definition) is 4. The number of hydrogen-bond donors (Lipinski definition) is 3. The van der Waals surface area contributed by atoms with Crippen LogP contribution in [-0.4, -0.2) is 29.3 Å². The standard InChI is InChI=1S/C20H24N4O3/c1-13(2)8-9-22-19(26)15-10-16(12-21-11-15)20(27)24-18-6-4-17(5-7-18)23-14(3)25/h4-7,10-13H,8-9H2,1-3H3,(H,22,26)(H,23,25)(H,24,27). The minimum Gasteiger partial charge on any atom is -0.352 e. The molecule has 1 aromatic heterocycles.